The van der Waals surface area contributed by atoms with Gasteiger partial charge in [-0.1, -0.05) is 24.3 Å². The fourth-order valence-corrected chi connectivity index (χ4v) is 1.80. The van der Waals surface area contributed by atoms with Gasteiger partial charge in [-0.05, 0) is 34.1 Å². The Bertz CT molecular complexity index is 572. The van der Waals surface area contributed by atoms with E-state index in [0.717, 1.165) is 0 Å². The van der Waals surface area contributed by atoms with E-state index in [1.807, 2.05) is 0 Å². The summed E-state index contributed by atoms with van der Waals surface area (Å²) in [7, 11) is 0. The molecule has 0 aliphatic rings. The minimum absolute atomic E-state index is 0.167. The van der Waals surface area contributed by atoms with Crippen LogP contribution < -0.4 is 5.32 Å². The van der Waals surface area contributed by atoms with E-state index in [4.69, 9.17) is 0 Å². The summed E-state index contributed by atoms with van der Waals surface area (Å²) in [5.74, 6) is -0.112. The Balaban J connectivity index is 2.03. The number of benzene rings is 1. The molecular formula is C13H11BrN2O2. The lowest BCUT2D eigenvalue weighted by Gasteiger charge is -2.06. The molecule has 0 spiro atoms. The number of halogens is 1. The molecular weight excluding hydrogens is 296 g/mol. The average Bonchev–Trinajstić information content (AvgIpc) is 2.37. The molecule has 2 rings (SSSR count). The van der Waals surface area contributed by atoms with E-state index in [0.29, 0.717) is 15.9 Å². The first-order chi connectivity index (χ1) is 8.66. The second-order valence-corrected chi connectivity index (χ2v) is 4.47. The molecule has 1 heterocycles. The third-order valence-electron chi connectivity index (χ3n) is 2.38. The third kappa shape index (κ3) is 3.07. The van der Waals surface area contributed by atoms with E-state index in [2.05, 4.69) is 26.2 Å². The monoisotopic (exact) mass is 306 g/mol. The van der Waals surface area contributed by atoms with Crippen molar-refractivity contribution in [2.24, 2.45) is 0 Å². The third-order valence-corrected chi connectivity index (χ3v) is 2.82. The van der Waals surface area contributed by atoms with Crippen molar-refractivity contribution in [3.63, 3.8) is 0 Å². The van der Waals surface area contributed by atoms with Gasteiger partial charge in [0.2, 0.25) is 0 Å². The summed E-state index contributed by atoms with van der Waals surface area (Å²) in [6.07, 6.45) is 0. The Labute approximate surface area is 113 Å². The molecule has 18 heavy (non-hydrogen) atoms. The molecule has 0 saturated carbocycles. The molecule has 5 heteroatoms. The first kappa shape index (κ1) is 12.6. The predicted molar refractivity (Wildman–Crippen MR) is 71.2 cm³/mol. The Morgan fingerprint density at radius 3 is 2.72 bits per heavy atom. The van der Waals surface area contributed by atoms with Crippen LogP contribution in [0.1, 0.15) is 16.1 Å². The number of rotatable bonds is 3. The lowest BCUT2D eigenvalue weighted by Crippen LogP contribution is -2.23. The van der Waals surface area contributed by atoms with E-state index in [-0.39, 0.29) is 18.2 Å². The number of aromatic nitrogens is 1. The normalized spacial score (nSPS) is 10.1. The van der Waals surface area contributed by atoms with Crippen LogP contribution in [-0.2, 0) is 6.54 Å². The van der Waals surface area contributed by atoms with Gasteiger partial charge in [-0.3, -0.25) is 4.79 Å². The van der Waals surface area contributed by atoms with Gasteiger partial charge < -0.3 is 10.4 Å². The maximum atomic E-state index is 11.8. The zero-order valence-electron chi connectivity index (χ0n) is 9.43. The van der Waals surface area contributed by atoms with Gasteiger partial charge in [0.05, 0.1) is 0 Å². The Morgan fingerprint density at radius 1 is 1.22 bits per heavy atom. The molecule has 2 N–H and O–H groups in total. The maximum Gasteiger partial charge on any atom is 0.270 e. The Hall–Kier alpha value is -1.88. The van der Waals surface area contributed by atoms with Crippen molar-refractivity contribution in [1.82, 2.24) is 10.3 Å². The standard InChI is InChI=1S/C13H11BrN2O2/c14-12-7-3-5-10(16-12)13(18)15-8-9-4-1-2-6-11(9)17/h1-7,17H,8H2,(H,15,18). The van der Waals surface area contributed by atoms with Crippen LogP contribution >= 0.6 is 15.9 Å². The summed E-state index contributed by atoms with van der Waals surface area (Å²) in [5.41, 5.74) is 1.00. The number of aromatic hydroxyl groups is 1. The van der Waals surface area contributed by atoms with Gasteiger partial charge in [0.1, 0.15) is 16.0 Å². The molecule has 0 radical (unpaired) electrons. The number of para-hydroxylation sites is 1. The van der Waals surface area contributed by atoms with E-state index < -0.39 is 0 Å². The van der Waals surface area contributed by atoms with Gasteiger partial charge in [0.15, 0.2) is 0 Å². The molecule has 0 bridgehead atoms. The molecule has 0 fully saturated rings. The van der Waals surface area contributed by atoms with Crippen molar-refractivity contribution in [3.8, 4) is 5.75 Å². The van der Waals surface area contributed by atoms with Crippen molar-refractivity contribution >= 4 is 21.8 Å². The number of amides is 1. The number of phenols is 1. The number of carbonyl (C=O) groups is 1. The molecule has 1 aromatic carbocycles. The van der Waals surface area contributed by atoms with Crippen LogP contribution in [0.3, 0.4) is 0 Å². The van der Waals surface area contributed by atoms with Crippen LogP contribution in [0.4, 0.5) is 0 Å². The highest BCUT2D eigenvalue weighted by atomic mass is 79.9. The number of hydrogen-bond acceptors (Lipinski definition) is 3. The molecule has 0 saturated heterocycles. The average molecular weight is 307 g/mol. The molecule has 2 aromatic rings. The second-order valence-electron chi connectivity index (χ2n) is 3.66. The maximum absolute atomic E-state index is 11.8. The molecule has 4 nitrogen and oxygen atoms in total. The van der Waals surface area contributed by atoms with E-state index in [1.54, 1.807) is 42.5 Å². The largest absolute Gasteiger partial charge is 0.508 e. The smallest absolute Gasteiger partial charge is 0.270 e. The Kier molecular flexibility index (Phi) is 3.94. The summed E-state index contributed by atoms with van der Waals surface area (Å²) >= 11 is 3.21. The quantitative estimate of drug-likeness (QED) is 0.856. The molecule has 92 valence electrons. The van der Waals surface area contributed by atoms with Gasteiger partial charge in [-0.25, -0.2) is 4.98 Å². The van der Waals surface area contributed by atoms with Crippen molar-refractivity contribution in [2.75, 3.05) is 0 Å². The molecule has 0 aliphatic carbocycles. The van der Waals surface area contributed by atoms with Crippen LogP contribution in [0.15, 0.2) is 47.1 Å². The highest BCUT2D eigenvalue weighted by Gasteiger charge is 2.08. The van der Waals surface area contributed by atoms with Crippen molar-refractivity contribution in [2.45, 2.75) is 6.54 Å². The van der Waals surface area contributed by atoms with Gasteiger partial charge in [0.25, 0.3) is 5.91 Å². The van der Waals surface area contributed by atoms with E-state index >= 15 is 0 Å². The minimum atomic E-state index is -0.278. The summed E-state index contributed by atoms with van der Waals surface area (Å²) in [6, 6.07) is 12.0. The zero-order chi connectivity index (χ0) is 13.0. The van der Waals surface area contributed by atoms with Crippen LogP contribution in [0.5, 0.6) is 5.75 Å². The Morgan fingerprint density at radius 2 is 2.00 bits per heavy atom. The van der Waals surface area contributed by atoms with Crippen LogP contribution in [0.2, 0.25) is 0 Å². The fourth-order valence-electron chi connectivity index (χ4n) is 1.46. The molecule has 1 aromatic heterocycles. The van der Waals surface area contributed by atoms with Crippen LogP contribution in [-0.4, -0.2) is 16.0 Å². The van der Waals surface area contributed by atoms with Crippen LogP contribution in [0.25, 0.3) is 0 Å². The SMILES string of the molecule is O=C(NCc1ccccc1O)c1cccc(Br)n1. The minimum Gasteiger partial charge on any atom is -0.508 e. The summed E-state index contributed by atoms with van der Waals surface area (Å²) in [5, 5.41) is 12.3. The lowest BCUT2D eigenvalue weighted by atomic mass is 10.2. The van der Waals surface area contributed by atoms with Crippen molar-refractivity contribution in [3.05, 3.63) is 58.3 Å². The highest BCUT2D eigenvalue weighted by molar-refractivity contribution is 9.10. The summed E-state index contributed by atoms with van der Waals surface area (Å²) in [6.45, 7) is 0.264. The molecule has 1 amide bonds. The topological polar surface area (TPSA) is 62.2 Å². The van der Waals surface area contributed by atoms with Gasteiger partial charge in [-0.2, -0.15) is 0 Å². The second kappa shape index (κ2) is 5.64. The van der Waals surface area contributed by atoms with Gasteiger partial charge >= 0.3 is 0 Å². The molecule has 0 aliphatic heterocycles. The number of pyridine rings is 1. The summed E-state index contributed by atoms with van der Waals surface area (Å²) < 4.78 is 0.609. The van der Waals surface area contributed by atoms with Crippen molar-refractivity contribution < 1.29 is 9.90 Å². The highest BCUT2D eigenvalue weighted by Crippen LogP contribution is 2.15. The fraction of sp³-hybridized carbons (Fsp3) is 0.0769. The van der Waals surface area contributed by atoms with Gasteiger partial charge in [0, 0.05) is 12.1 Å². The first-order valence-corrected chi connectivity index (χ1v) is 6.14. The number of nitrogens with one attached hydrogen (secondary N) is 1. The molecule has 0 unspecified atom stereocenters. The number of hydrogen-bond donors (Lipinski definition) is 2. The number of nitrogens with zero attached hydrogens (tertiary/aromatic N) is 1. The first-order valence-electron chi connectivity index (χ1n) is 5.34. The summed E-state index contributed by atoms with van der Waals surface area (Å²) in [4.78, 5) is 15.9. The van der Waals surface area contributed by atoms with Gasteiger partial charge in [-0.15, -0.1) is 0 Å². The lowest BCUT2D eigenvalue weighted by molar-refractivity contribution is 0.0945. The van der Waals surface area contributed by atoms with E-state index in [1.165, 1.54) is 0 Å². The van der Waals surface area contributed by atoms with Crippen LogP contribution in [0, 0.1) is 0 Å². The molecule has 0 atom stereocenters. The zero-order valence-corrected chi connectivity index (χ0v) is 11.0. The van der Waals surface area contributed by atoms with E-state index in [9.17, 15) is 9.90 Å². The number of phenolic OH excluding ortho intramolecular Hbond substituents is 1. The number of carbonyl (C=O) groups excluding carboxylic acids is 1. The van der Waals surface area contributed by atoms with Crippen molar-refractivity contribution in [1.29, 1.82) is 0 Å². The predicted octanol–water partition coefficient (Wildman–Crippen LogP) is 2.48.